The Morgan fingerprint density at radius 2 is 2.56 bits per heavy atom. The molecule has 0 unspecified atom stereocenters. The van der Waals surface area contributed by atoms with Gasteiger partial charge in [0.05, 0.1) is 6.61 Å². The van der Waals surface area contributed by atoms with Crippen LogP contribution in [-0.4, -0.2) is 30.7 Å². The lowest BCUT2D eigenvalue weighted by Gasteiger charge is -2.18. The van der Waals surface area contributed by atoms with Gasteiger partial charge in [-0.1, -0.05) is 0 Å². The summed E-state index contributed by atoms with van der Waals surface area (Å²) in [5, 5.41) is 8.58. The van der Waals surface area contributed by atoms with Crippen LogP contribution in [-0.2, 0) is 9.53 Å². The lowest BCUT2D eigenvalue weighted by atomic mass is 10.0. The molecule has 1 N–H and O–H groups in total. The topological polar surface area (TPSA) is 46.5 Å². The highest BCUT2D eigenvalue weighted by Gasteiger charge is 2.18. The van der Waals surface area contributed by atoms with Crippen molar-refractivity contribution in [2.75, 3.05) is 19.8 Å². The van der Waals surface area contributed by atoms with E-state index in [0.29, 0.717) is 13.0 Å². The summed E-state index contributed by atoms with van der Waals surface area (Å²) in [6, 6.07) is 0. The summed E-state index contributed by atoms with van der Waals surface area (Å²) in [6.07, 6.45) is 0.483. The summed E-state index contributed by atoms with van der Waals surface area (Å²) in [6.45, 7) is 0.824. The van der Waals surface area contributed by atoms with Crippen molar-refractivity contribution in [1.82, 2.24) is 0 Å². The molecule has 0 spiro atoms. The minimum Gasteiger partial charge on any atom is -0.396 e. The van der Waals surface area contributed by atoms with Crippen LogP contribution in [0.5, 0.6) is 0 Å². The van der Waals surface area contributed by atoms with Gasteiger partial charge in [0.2, 0.25) is 0 Å². The molecular weight excluding hydrogens is 120 g/mol. The number of rotatable bonds is 1. The van der Waals surface area contributed by atoms with Crippen LogP contribution in [0.4, 0.5) is 0 Å². The van der Waals surface area contributed by atoms with Crippen LogP contribution in [0.25, 0.3) is 0 Å². The molecule has 0 aromatic rings. The molecule has 3 nitrogen and oxygen atoms in total. The molecule has 0 amide bonds. The molecule has 1 fully saturated rings. The standard InChI is InChI=1S/C6H10O3/c7-2-5-1-6(8)4-9-3-5/h5,7H,1-4H2/t5-/m0/s1. The molecule has 0 aliphatic carbocycles. The van der Waals surface area contributed by atoms with E-state index in [9.17, 15) is 4.79 Å². The molecule has 1 atom stereocenters. The molecule has 9 heavy (non-hydrogen) atoms. The van der Waals surface area contributed by atoms with E-state index in [2.05, 4.69) is 0 Å². The number of ether oxygens (including phenoxy) is 1. The zero-order valence-corrected chi connectivity index (χ0v) is 5.17. The van der Waals surface area contributed by atoms with Crippen LogP contribution in [0.1, 0.15) is 6.42 Å². The fourth-order valence-electron chi connectivity index (χ4n) is 0.897. The third kappa shape index (κ3) is 1.77. The maximum atomic E-state index is 10.6. The van der Waals surface area contributed by atoms with Crippen molar-refractivity contribution in [3.63, 3.8) is 0 Å². The van der Waals surface area contributed by atoms with E-state index in [1.54, 1.807) is 0 Å². The second-order valence-corrected chi connectivity index (χ2v) is 2.31. The largest absolute Gasteiger partial charge is 0.396 e. The second-order valence-electron chi connectivity index (χ2n) is 2.31. The Morgan fingerprint density at radius 1 is 1.78 bits per heavy atom. The fraction of sp³-hybridized carbons (Fsp3) is 0.833. The molecule has 0 aromatic heterocycles. The number of ketones is 1. The Kier molecular flexibility index (Phi) is 2.19. The van der Waals surface area contributed by atoms with Crippen LogP contribution in [0.2, 0.25) is 0 Å². The maximum absolute atomic E-state index is 10.6. The molecule has 52 valence electrons. The van der Waals surface area contributed by atoms with E-state index in [1.165, 1.54) is 0 Å². The summed E-state index contributed by atoms with van der Waals surface area (Å²) < 4.78 is 4.88. The summed E-state index contributed by atoms with van der Waals surface area (Å²) in [5.74, 6) is 0.145. The quantitative estimate of drug-likeness (QED) is 0.524. The van der Waals surface area contributed by atoms with Crippen molar-refractivity contribution in [2.24, 2.45) is 5.92 Å². The zero-order valence-electron chi connectivity index (χ0n) is 5.17. The highest BCUT2D eigenvalue weighted by Crippen LogP contribution is 2.08. The Bertz CT molecular complexity index is 111. The zero-order chi connectivity index (χ0) is 6.69. The first-order valence-electron chi connectivity index (χ1n) is 3.03. The third-order valence-corrected chi connectivity index (χ3v) is 1.39. The molecule has 1 rings (SSSR count). The third-order valence-electron chi connectivity index (χ3n) is 1.39. The minimum atomic E-state index is 0.0475. The molecule has 3 heteroatoms. The molecule has 1 saturated heterocycles. The summed E-state index contributed by atoms with van der Waals surface area (Å²) in [7, 11) is 0. The number of hydrogen-bond donors (Lipinski definition) is 1. The van der Waals surface area contributed by atoms with Crippen molar-refractivity contribution in [3.8, 4) is 0 Å². The molecule has 0 aromatic carbocycles. The van der Waals surface area contributed by atoms with E-state index in [4.69, 9.17) is 9.84 Å². The van der Waals surface area contributed by atoms with Crippen LogP contribution in [0.15, 0.2) is 0 Å². The van der Waals surface area contributed by atoms with E-state index in [1.807, 2.05) is 0 Å². The first kappa shape index (κ1) is 6.71. The number of Topliss-reactive ketones (excluding diaryl/α,β-unsaturated/α-hetero) is 1. The van der Waals surface area contributed by atoms with E-state index in [-0.39, 0.29) is 24.9 Å². The highest BCUT2D eigenvalue weighted by atomic mass is 16.5. The monoisotopic (exact) mass is 130 g/mol. The number of carbonyl (C=O) groups excluding carboxylic acids is 1. The molecule has 0 radical (unpaired) electrons. The first-order valence-corrected chi connectivity index (χ1v) is 3.03. The number of aliphatic hydroxyl groups is 1. The molecule has 0 saturated carbocycles. The Balaban J connectivity index is 2.32. The van der Waals surface area contributed by atoms with Crippen molar-refractivity contribution in [3.05, 3.63) is 0 Å². The lowest BCUT2D eigenvalue weighted by molar-refractivity contribution is -0.130. The average molecular weight is 130 g/mol. The SMILES string of the molecule is O=C1COC[C@H](CO)C1. The predicted molar refractivity (Wildman–Crippen MR) is 31.0 cm³/mol. The van der Waals surface area contributed by atoms with E-state index < -0.39 is 0 Å². The summed E-state index contributed by atoms with van der Waals surface area (Å²) in [4.78, 5) is 10.6. The van der Waals surface area contributed by atoms with Crippen molar-refractivity contribution >= 4 is 5.78 Å². The lowest BCUT2D eigenvalue weighted by Crippen LogP contribution is -2.27. The molecule has 1 aliphatic heterocycles. The van der Waals surface area contributed by atoms with Crippen LogP contribution >= 0.6 is 0 Å². The molecule has 1 aliphatic rings. The number of aliphatic hydroxyl groups excluding tert-OH is 1. The van der Waals surface area contributed by atoms with Crippen LogP contribution < -0.4 is 0 Å². The van der Waals surface area contributed by atoms with E-state index in [0.717, 1.165) is 0 Å². The Hall–Kier alpha value is -0.410. The van der Waals surface area contributed by atoms with Gasteiger partial charge in [0.25, 0.3) is 0 Å². The van der Waals surface area contributed by atoms with Gasteiger partial charge in [-0.2, -0.15) is 0 Å². The smallest absolute Gasteiger partial charge is 0.158 e. The van der Waals surface area contributed by atoms with Gasteiger partial charge in [0.1, 0.15) is 6.61 Å². The van der Waals surface area contributed by atoms with Gasteiger partial charge in [0, 0.05) is 18.9 Å². The van der Waals surface area contributed by atoms with Gasteiger partial charge in [-0.05, 0) is 0 Å². The average Bonchev–Trinajstić information content (AvgIpc) is 1.88. The normalized spacial score (nSPS) is 28.6. The van der Waals surface area contributed by atoms with Gasteiger partial charge >= 0.3 is 0 Å². The van der Waals surface area contributed by atoms with Crippen molar-refractivity contribution < 1.29 is 14.6 Å². The predicted octanol–water partition coefficient (Wildman–Crippen LogP) is -0.416. The van der Waals surface area contributed by atoms with E-state index >= 15 is 0 Å². The highest BCUT2D eigenvalue weighted by molar-refractivity contribution is 5.80. The van der Waals surface area contributed by atoms with Gasteiger partial charge in [-0.25, -0.2) is 0 Å². The summed E-state index contributed by atoms with van der Waals surface area (Å²) in [5.41, 5.74) is 0. The van der Waals surface area contributed by atoms with Gasteiger partial charge in [-0.3, -0.25) is 4.79 Å². The molecule has 1 heterocycles. The van der Waals surface area contributed by atoms with Gasteiger partial charge in [0.15, 0.2) is 5.78 Å². The van der Waals surface area contributed by atoms with Gasteiger partial charge in [-0.15, -0.1) is 0 Å². The second kappa shape index (κ2) is 2.94. The van der Waals surface area contributed by atoms with Crippen molar-refractivity contribution in [1.29, 1.82) is 0 Å². The maximum Gasteiger partial charge on any atom is 0.158 e. The van der Waals surface area contributed by atoms with Crippen LogP contribution in [0, 0.1) is 5.92 Å². The summed E-state index contributed by atoms with van der Waals surface area (Å²) >= 11 is 0. The first-order chi connectivity index (χ1) is 4.33. The number of carbonyl (C=O) groups is 1. The molecular formula is C6H10O3. The van der Waals surface area contributed by atoms with Gasteiger partial charge < -0.3 is 9.84 Å². The number of hydrogen-bond acceptors (Lipinski definition) is 3. The van der Waals surface area contributed by atoms with Crippen LogP contribution in [0.3, 0.4) is 0 Å². The fourth-order valence-corrected chi connectivity index (χ4v) is 0.897. The Labute approximate surface area is 53.6 Å². The molecule has 0 bridgehead atoms. The Morgan fingerprint density at radius 3 is 3.00 bits per heavy atom. The van der Waals surface area contributed by atoms with Crippen molar-refractivity contribution in [2.45, 2.75) is 6.42 Å². The minimum absolute atomic E-state index is 0.0475.